The molecule has 2 rings (SSSR count). The van der Waals surface area contributed by atoms with Crippen molar-refractivity contribution in [1.82, 2.24) is 0 Å². The van der Waals surface area contributed by atoms with E-state index in [1.165, 1.54) is 37.8 Å². The normalized spacial score (nSPS) is 10.5. The molecule has 2 aromatic carbocycles. The summed E-state index contributed by atoms with van der Waals surface area (Å²) in [5.74, 6) is 0.706. The van der Waals surface area contributed by atoms with E-state index in [-0.39, 0.29) is 5.82 Å². The molecule has 0 amide bonds. The fourth-order valence-electron chi connectivity index (χ4n) is 2.55. The Morgan fingerprint density at radius 2 is 1.32 bits per heavy atom. The molecule has 4 heteroatoms. The number of nitrogens with one attached hydrogen (secondary N) is 2. The number of rotatable bonds is 12. The molecule has 0 aromatic heterocycles. The first kappa shape index (κ1) is 19.1. The van der Waals surface area contributed by atoms with Crippen LogP contribution in [0.1, 0.15) is 39.0 Å². The number of ether oxygens (including phenoxy) is 1. The highest BCUT2D eigenvalue weighted by Gasteiger charge is 1.97. The molecule has 0 aliphatic heterocycles. The van der Waals surface area contributed by atoms with Crippen LogP contribution in [0.25, 0.3) is 0 Å². The lowest BCUT2D eigenvalue weighted by molar-refractivity contribution is 0.304. The van der Waals surface area contributed by atoms with E-state index in [4.69, 9.17) is 4.74 Å². The zero-order valence-electron chi connectivity index (χ0n) is 15.1. The van der Waals surface area contributed by atoms with Crippen LogP contribution in [0, 0.1) is 5.82 Å². The lowest BCUT2D eigenvalue weighted by Gasteiger charge is -2.10. The van der Waals surface area contributed by atoms with Gasteiger partial charge in [-0.1, -0.05) is 32.6 Å². The highest BCUT2D eigenvalue weighted by Crippen LogP contribution is 2.16. The Balaban J connectivity index is 1.59. The summed E-state index contributed by atoms with van der Waals surface area (Å²) in [6.07, 6.45) is 6.25. The number of halogens is 1. The molecular weight excluding hydrogens is 315 g/mol. The molecule has 25 heavy (non-hydrogen) atoms. The molecule has 136 valence electrons. The minimum atomic E-state index is -0.216. The van der Waals surface area contributed by atoms with E-state index >= 15 is 0 Å². The molecule has 0 bridgehead atoms. The second-order valence-electron chi connectivity index (χ2n) is 6.15. The molecule has 2 aromatic rings. The van der Waals surface area contributed by atoms with Crippen LogP contribution in [0.5, 0.6) is 5.75 Å². The van der Waals surface area contributed by atoms with E-state index in [1.807, 2.05) is 24.3 Å². The highest BCUT2D eigenvalue weighted by molar-refractivity contribution is 5.47. The molecule has 0 saturated heterocycles. The predicted octanol–water partition coefficient (Wildman–Crippen LogP) is 5.70. The van der Waals surface area contributed by atoms with Crippen molar-refractivity contribution in [1.29, 1.82) is 0 Å². The van der Waals surface area contributed by atoms with Gasteiger partial charge in [0, 0.05) is 24.5 Å². The molecule has 0 aliphatic carbocycles. The first-order valence-electron chi connectivity index (χ1n) is 9.24. The lowest BCUT2D eigenvalue weighted by atomic mass is 10.2. The summed E-state index contributed by atoms with van der Waals surface area (Å²) in [4.78, 5) is 0. The van der Waals surface area contributed by atoms with Crippen molar-refractivity contribution in [3.05, 3.63) is 54.3 Å². The third kappa shape index (κ3) is 7.92. The quantitative estimate of drug-likeness (QED) is 0.485. The molecule has 0 radical (unpaired) electrons. The monoisotopic (exact) mass is 344 g/mol. The molecule has 0 aliphatic rings. The van der Waals surface area contributed by atoms with Crippen LogP contribution in [0.3, 0.4) is 0 Å². The van der Waals surface area contributed by atoms with Crippen molar-refractivity contribution in [3.8, 4) is 5.75 Å². The molecule has 2 N–H and O–H groups in total. The number of anilines is 2. The largest absolute Gasteiger partial charge is 0.494 e. The standard InChI is InChI=1S/C21H29FN2O/c1-2-3-4-5-6-17-25-21-13-11-20(12-14-21)24-16-15-23-19-9-7-18(22)8-10-19/h7-14,23-24H,2-6,15-17H2,1H3. The maximum absolute atomic E-state index is 12.8. The van der Waals surface area contributed by atoms with Gasteiger partial charge in [0.05, 0.1) is 6.61 Å². The third-order valence-corrected chi connectivity index (χ3v) is 4.00. The maximum Gasteiger partial charge on any atom is 0.123 e. The van der Waals surface area contributed by atoms with Crippen molar-refractivity contribution in [2.75, 3.05) is 30.3 Å². The first-order chi connectivity index (χ1) is 12.3. The van der Waals surface area contributed by atoms with E-state index in [0.717, 1.165) is 43.2 Å². The van der Waals surface area contributed by atoms with Gasteiger partial charge < -0.3 is 15.4 Å². The summed E-state index contributed by atoms with van der Waals surface area (Å²) < 4.78 is 18.6. The van der Waals surface area contributed by atoms with Crippen LogP contribution in [0.2, 0.25) is 0 Å². The second-order valence-corrected chi connectivity index (χ2v) is 6.15. The maximum atomic E-state index is 12.8. The fourth-order valence-corrected chi connectivity index (χ4v) is 2.55. The molecule has 0 atom stereocenters. The number of hydrogen-bond donors (Lipinski definition) is 2. The summed E-state index contributed by atoms with van der Waals surface area (Å²) in [6, 6.07) is 14.5. The summed E-state index contributed by atoms with van der Waals surface area (Å²) >= 11 is 0. The third-order valence-electron chi connectivity index (χ3n) is 4.00. The Labute approximate surface area is 150 Å². The van der Waals surface area contributed by atoms with Crippen LogP contribution in [-0.4, -0.2) is 19.7 Å². The van der Waals surface area contributed by atoms with Gasteiger partial charge in [0.15, 0.2) is 0 Å². The van der Waals surface area contributed by atoms with Gasteiger partial charge in [0.1, 0.15) is 11.6 Å². The average molecular weight is 344 g/mol. The second kappa shape index (κ2) is 11.3. The predicted molar refractivity (Wildman–Crippen MR) is 104 cm³/mol. The Hall–Kier alpha value is -2.23. The number of benzene rings is 2. The van der Waals surface area contributed by atoms with E-state index in [0.29, 0.717) is 0 Å². The summed E-state index contributed by atoms with van der Waals surface area (Å²) in [5, 5.41) is 6.60. The molecule has 0 fully saturated rings. The minimum absolute atomic E-state index is 0.216. The Bertz CT molecular complexity index is 584. The fraction of sp³-hybridized carbons (Fsp3) is 0.429. The Morgan fingerprint density at radius 1 is 0.760 bits per heavy atom. The first-order valence-corrected chi connectivity index (χ1v) is 9.24. The minimum Gasteiger partial charge on any atom is -0.494 e. The van der Waals surface area contributed by atoms with E-state index in [9.17, 15) is 4.39 Å². The van der Waals surface area contributed by atoms with Gasteiger partial charge in [-0.25, -0.2) is 4.39 Å². The molecule has 0 spiro atoms. The van der Waals surface area contributed by atoms with Crippen molar-refractivity contribution >= 4 is 11.4 Å². The Morgan fingerprint density at radius 3 is 1.92 bits per heavy atom. The van der Waals surface area contributed by atoms with Crippen LogP contribution in [0.15, 0.2) is 48.5 Å². The molecular formula is C21H29FN2O. The summed E-state index contributed by atoms with van der Waals surface area (Å²) in [7, 11) is 0. The van der Waals surface area contributed by atoms with Crippen LogP contribution in [0.4, 0.5) is 15.8 Å². The summed E-state index contributed by atoms with van der Waals surface area (Å²) in [6.45, 7) is 4.57. The van der Waals surface area contributed by atoms with E-state index < -0.39 is 0 Å². The number of unbranched alkanes of at least 4 members (excludes halogenated alkanes) is 4. The van der Waals surface area contributed by atoms with Crippen LogP contribution in [-0.2, 0) is 0 Å². The van der Waals surface area contributed by atoms with Gasteiger partial charge in [-0.15, -0.1) is 0 Å². The molecule has 0 unspecified atom stereocenters. The van der Waals surface area contributed by atoms with Gasteiger partial charge in [-0.05, 0) is 55.0 Å². The van der Waals surface area contributed by atoms with Crippen molar-refractivity contribution < 1.29 is 9.13 Å². The van der Waals surface area contributed by atoms with Gasteiger partial charge >= 0.3 is 0 Å². The topological polar surface area (TPSA) is 33.3 Å². The Kier molecular flexibility index (Phi) is 8.67. The number of hydrogen-bond acceptors (Lipinski definition) is 3. The molecule has 0 saturated carbocycles. The zero-order valence-corrected chi connectivity index (χ0v) is 15.1. The molecule has 0 heterocycles. The van der Waals surface area contributed by atoms with Crippen molar-refractivity contribution in [2.45, 2.75) is 39.0 Å². The van der Waals surface area contributed by atoms with Gasteiger partial charge in [0.2, 0.25) is 0 Å². The highest BCUT2D eigenvalue weighted by atomic mass is 19.1. The van der Waals surface area contributed by atoms with E-state index in [1.54, 1.807) is 12.1 Å². The summed E-state index contributed by atoms with van der Waals surface area (Å²) in [5.41, 5.74) is 1.99. The lowest BCUT2D eigenvalue weighted by Crippen LogP contribution is -2.13. The zero-order chi connectivity index (χ0) is 17.7. The molecule has 3 nitrogen and oxygen atoms in total. The SMILES string of the molecule is CCCCCCCOc1ccc(NCCNc2ccc(F)cc2)cc1. The van der Waals surface area contributed by atoms with Gasteiger partial charge in [-0.2, -0.15) is 0 Å². The average Bonchev–Trinajstić information content (AvgIpc) is 2.64. The van der Waals surface area contributed by atoms with Gasteiger partial charge in [0.25, 0.3) is 0 Å². The van der Waals surface area contributed by atoms with Crippen LogP contribution >= 0.6 is 0 Å². The van der Waals surface area contributed by atoms with Crippen molar-refractivity contribution in [3.63, 3.8) is 0 Å². The van der Waals surface area contributed by atoms with Crippen LogP contribution < -0.4 is 15.4 Å². The van der Waals surface area contributed by atoms with Gasteiger partial charge in [-0.3, -0.25) is 0 Å². The van der Waals surface area contributed by atoms with E-state index in [2.05, 4.69) is 17.6 Å². The van der Waals surface area contributed by atoms with Crippen molar-refractivity contribution in [2.24, 2.45) is 0 Å². The smallest absolute Gasteiger partial charge is 0.123 e.